The number of ether oxygens (including phenoxy) is 1. The Morgan fingerprint density at radius 3 is 2.20 bits per heavy atom. The van der Waals surface area contributed by atoms with Gasteiger partial charge in [-0.3, -0.25) is 4.68 Å². The topological polar surface area (TPSA) is 32.0 Å². The van der Waals surface area contributed by atoms with Crippen LogP contribution in [0.5, 0.6) is 5.75 Å². The molecule has 0 N–H and O–H groups in total. The largest absolute Gasteiger partial charge is 0.496 e. The van der Waals surface area contributed by atoms with Crippen molar-refractivity contribution in [3.8, 4) is 11.6 Å². The van der Waals surface area contributed by atoms with Crippen molar-refractivity contribution in [2.75, 3.05) is 7.11 Å². The lowest BCUT2D eigenvalue weighted by Crippen LogP contribution is -2.18. The molecule has 2 aromatic heterocycles. The number of aromatic nitrogens is 3. The highest BCUT2D eigenvalue weighted by Crippen LogP contribution is 2.43. The second-order valence-corrected chi connectivity index (χ2v) is 6.24. The summed E-state index contributed by atoms with van der Waals surface area (Å²) < 4.78 is 48.9. The van der Waals surface area contributed by atoms with Gasteiger partial charge in [0.05, 0.1) is 23.9 Å². The van der Waals surface area contributed by atoms with E-state index in [1.54, 1.807) is 17.8 Å². The second kappa shape index (κ2) is 5.82. The fraction of sp³-hybridized carbons (Fsp3) is 0.389. The van der Waals surface area contributed by atoms with E-state index in [2.05, 4.69) is 5.10 Å². The minimum atomic E-state index is -4.34. The zero-order valence-corrected chi connectivity index (χ0v) is 14.8. The van der Waals surface area contributed by atoms with E-state index in [0.717, 1.165) is 23.8 Å². The molecule has 2 heterocycles. The van der Waals surface area contributed by atoms with Gasteiger partial charge in [-0.15, -0.1) is 0 Å². The average Bonchev–Trinajstić information content (AvgIpc) is 3.04. The van der Waals surface area contributed by atoms with Crippen LogP contribution in [-0.2, 0) is 7.05 Å². The maximum atomic E-state index is 13.3. The van der Waals surface area contributed by atoms with Crippen LogP contribution in [0, 0.1) is 13.8 Å². The lowest BCUT2D eigenvalue weighted by Gasteiger charge is -2.19. The number of hydrogen-bond acceptors (Lipinski definition) is 2. The molecule has 0 aliphatic carbocycles. The summed E-state index contributed by atoms with van der Waals surface area (Å²) in [5.74, 6) is -0.838. The predicted molar refractivity (Wildman–Crippen MR) is 90.5 cm³/mol. The van der Waals surface area contributed by atoms with E-state index in [-0.39, 0.29) is 11.3 Å². The van der Waals surface area contributed by atoms with Crippen LogP contribution in [0.1, 0.15) is 29.8 Å². The number of halogens is 3. The first-order valence-corrected chi connectivity index (χ1v) is 7.92. The number of methoxy groups -OCH3 is 1. The molecule has 1 atom stereocenters. The standard InChI is InChI=1S/C18H20F3N3O/c1-10-6-7-11(2)24(10)17-15-14(23(4)22-17)9-8-13(16(15)25-5)12(3)18(19,20)21/h6-9,12H,1-5H3. The number of fused-ring (bicyclic) bond motifs is 1. The monoisotopic (exact) mass is 351 g/mol. The van der Waals surface area contributed by atoms with Gasteiger partial charge in [-0.25, -0.2) is 0 Å². The van der Waals surface area contributed by atoms with Crippen LogP contribution >= 0.6 is 0 Å². The molecule has 3 aromatic rings. The van der Waals surface area contributed by atoms with Crippen LogP contribution in [0.25, 0.3) is 16.7 Å². The van der Waals surface area contributed by atoms with Crippen molar-refractivity contribution in [3.05, 3.63) is 41.2 Å². The van der Waals surface area contributed by atoms with E-state index in [4.69, 9.17) is 4.74 Å². The SMILES string of the molecule is COc1c(C(C)C(F)(F)F)ccc2c1c(-n1c(C)ccc1C)nn2C. The third kappa shape index (κ3) is 2.67. The molecule has 0 spiro atoms. The molecule has 0 aliphatic heterocycles. The third-order valence-corrected chi connectivity index (χ3v) is 4.63. The highest BCUT2D eigenvalue weighted by Gasteiger charge is 2.39. The van der Waals surface area contributed by atoms with Crippen LogP contribution < -0.4 is 4.74 Å². The summed E-state index contributed by atoms with van der Waals surface area (Å²) in [6.45, 7) is 5.01. The minimum Gasteiger partial charge on any atom is -0.496 e. The van der Waals surface area contributed by atoms with Crippen LogP contribution in [0.3, 0.4) is 0 Å². The summed E-state index contributed by atoms with van der Waals surface area (Å²) in [6, 6.07) is 7.04. The van der Waals surface area contributed by atoms with E-state index in [1.807, 2.05) is 30.5 Å². The molecule has 1 aromatic carbocycles. The highest BCUT2D eigenvalue weighted by molar-refractivity contribution is 5.94. The Hall–Kier alpha value is -2.44. The molecule has 25 heavy (non-hydrogen) atoms. The van der Waals surface area contributed by atoms with Gasteiger partial charge in [0, 0.05) is 24.0 Å². The molecule has 0 radical (unpaired) electrons. The summed E-state index contributed by atoms with van der Waals surface area (Å²) >= 11 is 0. The zero-order chi connectivity index (χ0) is 18.5. The predicted octanol–water partition coefficient (Wildman–Crippen LogP) is 4.66. The van der Waals surface area contributed by atoms with Gasteiger partial charge in [0.25, 0.3) is 0 Å². The molecule has 3 rings (SSSR count). The molecule has 0 aliphatic rings. The Morgan fingerprint density at radius 1 is 1.08 bits per heavy atom. The van der Waals surface area contributed by atoms with Gasteiger partial charge in [0.15, 0.2) is 5.82 Å². The van der Waals surface area contributed by atoms with Crippen LogP contribution in [-0.4, -0.2) is 27.6 Å². The molecule has 0 bridgehead atoms. The fourth-order valence-corrected chi connectivity index (χ4v) is 3.22. The first-order valence-electron chi connectivity index (χ1n) is 7.92. The Kier molecular flexibility index (Phi) is 4.05. The molecular weight excluding hydrogens is 331 g/mol. The maximum Gasteiger partial charge on any atom is 0.395 e. The van der Waals surface area contributed by atoms with Gasteiger partial charge >= 0.3 is 6.18 Å². The number of hydrogen-bond donors (Lipinski definition) is 0. The van der Waals surface area contributed by atoms with E-state index < -0.39 is 12.1 Å². The van der Waals surface area contributed by atoms with Crippen molar-refractivity contribution in [3.63, 3.8) is 0 Å². The van der Waals surface area contributed by atoms with E-state index >= 15 is 0 Å². The molecule has 0 amide bonds. The minimum absolute atomic E-state index is 0.110. The second-order valence-electron chi connectivity index (χ2n) is 6.24. The normalized spacial score (nSPS) is 13.4. The van der Waals surface area contributed by atoms with E-state index in [1.165, 1.54) is 13.2 Å². The van der Waals surface area contributed by atoms with Crippen LogP contribution in [0.4, 0.5) is 13.2 Å². The molecule has 0 fully saturated rings. The van der Waals surface area contributed by atoms with Gasteiger partial charge < -0.3 is 9.30 Å². The lowest BCUT2D eigenvalue weighted by molar-refractivity contribution is -0.146. The molecule has 7 heteroatoms. The fourth-order valence-electron chi connectivity index (χ4n) is 3.22. The van der Waals surface area contributed by atoms with Crippen molar-refractivity contribution in [1.29, 1.82) is 0 Å². The molecule has 1 unspecified atom stereocenters. The molecule has 134 valence electrons. The summed E-state index contributed by atoms with van der Waals surface area (Å²) in [6.07, 6.45) is -4.34. The summed E-state index contributed by atoms with van der Waals surface area (Å²) in [5, 5.41) is 5.13. The van der Waals surface area contributed by atoms with E-state index in [9.17, 15) is 13.2 Å². The lowest BCUT2D eigenvalue weighted by atomic mass is 9.97. The van der Waals surface area contributed by atoms with Crippen molar-refractivity contribution in [2.24, 2.45) is 7.05 Å². The van der Waals surface area contributed by atoms with E-state index in [0.29, 0.717) is 11.2 Å². The Bertz CT molecular complexity index is 918. The van der Waals surface area contributed by atoms with Crippen molar-refractivity contribution < 1.29 is 17.9 Å². The zero-order valence-electron chi connectivity index (χ0n) is 14.8. The number of benzene rings is 1. The third-order valence-electron chi connectivity index (χ3n) is 4.63. The summed E-state index contributed by atoms with van der Waals surface area (Å²) in [5.41, 5.74) is 2.74. The van der Waals surface area contributed by atoms with Crippen molar-refractivity contribution in [1.82, 2.24) is 14.3 Å². The average molecular weight is 351 g/mol. The molecule has 0 saturated heterocycles. The molecule has 4 nitrogen and oxygen atoms in total. The van der Waals surface area contributed by atoms with Crippen molar-refractivity contribution in [2.45, 2.75) is 32.9 Å². The molecular formula is C18H20F3N3O. The van der Waals surface area contributed by atoms with Gasteiger partial charge in [0.1, 0.15) is 5.75 Å². The highest BCUT2D eigenvalue weighted by atomic mass is 19.4. The Morgan fingerprint density at radius 2 is 1.68 bits per heavy atom. The Balaban J connectivity index is 2.38. The molecule has 0 saturated carbocycles. The van der Waals surface area contributed by atoms with Gasteiger partial charge in [-0.05, 0) is 39.0 Å². The summed E-state index contributed by atoms with van der Waals surface area (Å²) in [4.78, 5) is 0. The van der Waals surface area contributed by atoms with Crippen LogP contribution in [0.2, 0.25) is 0 Å². The number of nitrogens with zero attached hydrogens (tertiary/aromatic N) is 3. The van der Waals surface area contributed by atoms with Gasteiger partial charge in [-0.1, -0.05) is 6.07 Å². The number of alkyl halides is 3. The first-order chi connectivity index (χ1) is 11.7. The van der Waals surface area contributed by atoms with Gasteiger partial charge in [-0.2, -0.15) is 18.3 Å². The smallest absolute Gasteiger partial charge is 0.395 e. The van der Waals surface area contributed by atoms with Gasteiger partial charge in [0.2, 0.25) is 0 Å². The number of aryl methyl sites for hydroxylation is 3. The Labute approximate surface area is 143 Å². The van der Waals surface area contributed by atoms with Crippen molar-refractivity contribution >= 4 is 10.9 Å². The first kappa shape index (κ1) is 17.4. The number of rotatable bonds is 3. The quantitative estimate of drug-likeness (QED) is 0.688. The summed E-state index contributed by atoms with van der Waals surface area (Å²) in [7, 11) is 3.17. The van der Waals surface area contributed by atoms with Crippen LogP contribution in [0.15, 0.2) is 24.3 Å². The maximum absolute atomic E-state index is 13.3.